The minimum absolute atomic E-state index is 0.0773. The minimum atomic E-state index is -1.19. The van der Waals surface area contributed by atoms with E-state index in [1.807, 2.05) is 44.2 Å². The Kier molecular flexibility index (Phi) is 10.4. The summed E-state index contributed by atoms with van der Waals surface area (Å²) in [5.74, 6) is -1.97. The third kappa shape index (κ3) is 9.09. The highest BCUT2D eigenvalue weighted by Gasteiger charge is 2.31. The first-order chi connectivity index (χ1) is 13.6. The van der Waals surface area contributed by atoms with Crippen LogP contribution in [0.4, 0.5) is 0 Å². The highest BCUT2D eigenvalue weighted by molar-refractivity contribution is 5.88. The highest BCUT2D eigenvalue weighted by atomic mass is 16.6. The van der Waals surface area contributed by atoms with E-state index in [0.29, 0.717) is 18.8 Å². The number of nitrogens with one attached hydrogen (secondary N) is 1. The number of benzene rings is 1. The second-order valence-electron chi connectivity index (χ2n) is 7.89. The van der Waals surface area contributed by atoms with E-state index >= 15 is 0 Å². The van der Waals surface area contributed by atoms with Crippen LogP contribution in [0, 0.1) is 11.8 Å². The van der Waals surface area contributed by atoms with E-state index < -0.39 is 36.1 Å². The van der Waals surface area contributed by atoms with Gasteiger partial charge in [-0.2, -0.15) is 0 Å². The van der Waals surface area contributed by atoms with Crippen molar-refractivity contribution in [3.05, 3.63) is 35.9 Å². The van der Waals surface area contributed by atoms with Gasteiger partial charge in [0.05, 0.1) is 0 Å². The van der Waals surface area contributed by atoms with Crippen molar-refractivity contribution in [1.82, 2.24) is 5.32 Å². The van der Waals surface area contributed by atoms with Gasteiger partial charge in [0.1, 0.15) is 18.8 Å². The van der Waals surface area contributed by atoms with Crippen LogP contribution in [-0.4, -0.2) is 41.2 Å². The van der Waals surface area contributed by atoms with Gasteiger partial charge in [-0.15, -0.1) is 0 Å². The number of amides is 1. The molecule has 0 spiro atoms. The number of ether oxygens (including phenoxy) is 2. The van der Waals surface area contributed by atoms with Crippen LogP contribution in [0.2, 0.25) is 0 Å². The summed E-state index contributed by atoms with van der Waals surface area (Å²) in [5, 5.41) is 12.5. The number of hydrogen-bond acceptors (Lipinski definition) is 6. The van der Waals surface area contributed by atoms with Crippen molar-refractivity contribution in [3.8, 4) is 0 Å². The molecule has 0 aromatic heterocycles. The smallest absolute Gasteiger partial charge is 0.347 e. The van der Waals surface area contributed by atoms with Gasteiger partial charge in [-0.1, -0.05) is 58.0 Å². The molecule has 0 unspecified atom stereocenters. The van der Waals surface area contributed by atoms with Gasteiger partial charge in [-0.05, 0) is 37.2 Å². The number of aliphatic hydroxyl groups excluding tert-OH is 1. The van der Waals surface area contributed by atoms with Gasteiger partial charge in [0, 0.05) is 0 Å². The summed E-state index contributed by atoms with van der Waals surface area (Å²) < 4.78 is 10.4. The van der Waals surface area contributed by atoms with Crippen molar-refractivity contribution in [3.63, 3.8) is 0 Å². The minimum Gasteiger partial charge on any atom is -0.458 e. The zero-order valence-electron chi connectivity index (χ0n) is 17.9. The number of carbonyl (C=O) groups is 3. The van der Waals surface area contributed by atoms with E-state index in [2.05, 4.69) is 5.32 Å². The van der Waals surface area contributed by atoms with Crippen LogP contribution in [-0.2, 0) is 30.5 Å². The Hall–Kier alpha value is -2.41. The summed E-state index contributed by atoms with van der Waals surface area (Å²) in [5.41, 5.74) is 0.821. The first-order valence-electron chi connectivity index (χ1n) is 10.0. The number of rotatable bonds is 11. The molecule has 0 fully saturated rings. The predicted octanol–water partition coefficient (Wildman–Crippen LogP) is 2.60. The lowest BCUT2D eigenvalue weighted by atomic mass is 10.0. The molecular weight excluding hydrogens is 374 g/mol. The summed E-state index contributed by atoms with van der Waals surface area (Å²) in [4.78, 5) is 36.8. The molecule has 0 saturated carbocycles. The summed E-state index contributed by atoms with van der Waals surface area (Å²) in [7, 11) is 0. The van der Waals surface area contributed by atoms with E-state index in [4.69, 9.17) is 9.47 Å². The Bertz CT molecular complexity index is 659. The topological polar surface area (TPSA) is 102 Å². The van der Waals surface area contributed by atoms with Gasteiger partial charge >= 0.3 is 11.9 Å². The van der Waals surface area contributed by atoms with E-state index in [-0.39, 0.29) is 12.5 Å². The molecule has 2 N–H and O–H groups in total. The summed E-state index contributed by atoms with van der Waals surface area (Å²) in [6, 6.07) is 8.18. The molecule has 162 valence electrons. The van der Waals surface area contributed by atoms with Crippen LogP contribution >= 0.6 is 0 Å². The van der Waals surface area contributed by atoms with Crippen molar-refractivity contribution in [2.75, 3.05) is 0 Å². The maximum Gasteiger partial charge on any atom is 0.347 e. The Labute approximate surface area is 172 Å². The lowest BCUT2D eigenvalue weighted by Crippen LogP contribution is -2.50. The van der Waals surface area contributed by atoms with E-state index in [1.54, 1.807) is 13.8 Å². The normalized spacial score (nSPS) is 14.2. The van der Waals surface area contributed by atoms with Gasteiger partial charge in [0.25, 0.3) is 0 Å². The lowest BCUT2D eigenvalue weighted by molar-refractivity contribution is -0.169. The average molecular weight is 408 g/mol. The second kappa shape index (κ2) is 12.2. The van der Waals surface area contributed by atoms with Crippen molar-refractivity contribution in [2.24, 2.45) is 11.8 Å². The standard InChI is InChI=1S/C22H33NO6/c1-14(2)11-12-18(24)20(25)23-19(15(3)4)22(27)29-16(5)21(26)28-13-17-9-7-6-8-10-17/h6-10,14-16,18-19,24H,11-13H2,1-5H3,(H,23,25)/t16-,18+,19+/m0/s1. The summed E-state index contributed by atoms with van der Waals surface area (Å²) in [6.07, 6.45) is -1.31. The highest BCUT2D eigenvalue weighted by Crippen LogP contribution is 2.11. The number of carbonyl (C=O) groups excluding carboxylic acids is 3. The van der Waals surface area contributed by atoms with Crippen molar-refractivity contribution in [1.29, 1.82) is 0 Å². The molecule has 0 heterocycles. The quantitative estimate of drug-likeness (QED) is 0.547. The summed E-state index contributed by atoms with van der Waals surface area (Å²) in [6.45, 7) is 8.97. The van der Waals surface area contributed by atoms with Crippen LogP contribution in [0.25, 0.3) is 0 Å². The molecule has 3 atom stereocenters. The van der Waals surface area contributed by atoms with E-state index in [0.717, 1.165) is 5.56 Å². The monoisotopic (exact) mass is 407 g/mol. The maximum atomic E-state index is 12.5. The molecule has 29 heavy (non-hydrogen) atoms. The largest absolute Gasteiger partial charge is 0.458 e. The molecule has 0 aliphatic heterocycles. The maximum absolute atomic E-state index is 12.5. The van der Waals surface area contributed by atoms with Gasteiger partial charge < -0.3 is 19.9 Å². The van der Waals surface area contributed by atoms with Gasteiger partial charge in [-0.3, -0.25) is 4.79 Å². The molecule has 0 aliphatic carbocycles. The first kappa shape index (κ1) is 24.6. The van der Waals surface area contributed by atoms with Crippen molar-refractivity contribution >= 4 is 17.8 Å². The van der Waals surface area contributed by atoms with Gasteiger partial charge in [0.15, 0.2) is 6.10 Å². The SMILES string of the molecule is CC(C)CC[C@@H](O)C(=O)N[C@@H](C(=O)O[C@@H](C)C(=O)OCc1ccccc1)C(C)C. The van der Waals surface area contributed by atoms with Crippen LogP contribution in [0.1, 0.15) is 53.0 Å². The summed E-state index contributed by atoms with van der Waals surface area (Å²) >= 11 is 0. The Balaban J connectivity index is 2.57. The average Bonchev–Trinajstić information content (AvgIpc) is 2.68. The zero-order valence-corrected chi connectivity index (χ0v) is 17.9. The van der Waals surface area contributed by atoms with Crippen LogP contribution < -0.4 is 5.32 Å². The first-order valence-corrected chi connectivity index (χ1v) is 10.0. The molecule has 0 saturated heterocycles. The third-order valence-electron chi connectivity index (χ3n) is 4.39. The number of aliphatic hydroxyl groups is 1. The third-order valence-corrected chi connectivity index (χ3v) is 4.39. The molecule has 7 heteroatoms. The fourth-order valence-corrected chi connectivity index (χ4v) is 2.51. The molecule has 0 bridgehead atoms. The molecule has 1 rings (SSSR count). The molecule has 1 amide bonds. The number of esters is 2. The Morgan fingerprint density at radius 3 is 2.14 bits per heavy atom. The Morgan fingerprint density at radius 2 is 1.59 bits per heavy atom. The second-order valence-corrected chi connectivity index (χ2v) is 7.89. The molecular formula is C22H33NO6. The fourth-order valence-electron chi connectivity index (χ4n) is 2.51. The van der Waals surface area contributed by atoms with Crippen molar-refractivity contribution < 1.29 is 29.0 Å². The van der Waals surface area contributed by atoms with Crippen LogP contribution in [0.15, 0.2) is 30.3 Å². The molecule has 1 aromatic carbocycles. The predicted molar refractivity (Wildman–Crippen MR) is 109 cm³/mol. The fraction of sp³-hybridized carbons (Fsp3) is 0.591. The van der Waals surface area contributed by atoms with E-state index in [9.17, 15) is 19.5 Å². The zero-order chi connectivity index (χ0) is 22.0. The number of hydrogen-bond donors (Lipinski definition) is 2. The molecule has 0 aliphatic rings. The van der Waals surface area contributed by atoms with Crippen LogP contribution in [0.3, 0.4) is 0 Å². The molecule has 1 aromatic rings. The van der Waals surface area contributed by atoms with E-state index in [1.165, 1.54) is 6.92 Å². The van der Waals surface area contributed by atoms with Crippen molar-refractivity contribution in [2.45, 2.75) is 72.3 Å². The van der Waals surface area contributed by atoms with Crippen LogP contribution in [0.5, 0.6) is 0 Å². The molecule has 0 radical (unpaired) electrons. The van der Waals surface area contributed by atoms with Gasteiger partial charge in [0.2, 0.25) is 5.91 Å². The molecule has 7 nitrogen and oxygen atoms in total. The lowest BCUT2D eigenvalue weighted by Gasteiger charge is -2.24. The Morgan fingerprint density at radius 1 is 0.966 bits per heavy atom. The van der Waals surface area contributed by atoms with Gasteiger partial charge in [-0.25, -0.2) is 9.59 Å².